The molecule has 0 saturated carbocycles. The van der Waals surface area contributed by atoms with Gasteiger partial charge >= 0.3 is 0 Å². The first-order valence-corrected chi connectivity index (χ1v) is 17.3. The van der Waals surface area contributed by atoms with Crippen LogP contribution in [0.5, 0.6) is 5.75 Å². The van der Waals surface area contributed by atoms with Gasteiger partial charge in [-0.1, -0.05) is 94.4 Å². The largest absolute Gasteiger partial charge is 0.491 e. The molecule has 0 amide bonds. The molecule has 0 bridgehead atoms. The number of rotatable bonds is 13. The highest BCUT2D eigenvalue weighted by atomic mass is 79.9. The molecule has 1 aromatic heterocycles. The van der Waals surface area contributed by atoms with Gasteiger partial charge in [-0.3, -0.25) is 4.79 Å². The zero-order chi connectivity index (χ0) is 31.3. The average molecular weight is 671 g/mol. The van der Waals surface area contributed by atoms with Gasteiger partial charge in [0.1, 0.15) is 12.9 Å². The quantitative estimate of drug-likeness (QED) is 0.129. The van der Waals surface area contributed by atoms with Gasteiger partial charge in [0.15, 0.2) is 5.75 Å². The van der Waals surface area contributed by atoms with Crippen LogP contribution in [0.3, 0.4) is 0 Å². The Balaban J connectivity index is 1.81. The van der Waals surface area contributed by atoms with Crippen LogP contribution in [0.1, 0.15) is 45.9 Å². The van der Waals surface area contributed by atoms with Gasteiger partial charge in [-0.15, -0.1) is 6.58 Å². The van der Waals surface area contributed by atoms with Crippen molar-refractivity contribution in [3.63, 3.8) is 0 Å². The number of methoxy groups -OCH3 is 2. The number of fused-ring (bicyclic) bond motifs is 1. The van der Waals surface area contributed by atoms with Crippen molar-refractivity contribution >= 4 is 34.6 Å². The Labute approximate surface area is 265 Å². The van der Waals surface area contributed by atoms with Crippen LogP contribution in [0.4, 0.5) is 0 Å². The molecular weight excluding hydrogens is 626 g/mol. The van der Waals surface area contributed by atoms with Crippen molar-refractivity contribution in [2.75, 3.05) is 34.2 Å². The molecule has 232 valence electrons. The van der Waals surface area contributed by atoms with Gasteiger partial charge in [0, 0.05) is 31.9 Å². The van der Waals surface area contributed by atoms with E-state index in [2.05, 4.69) is 98.7 Å². The van der Waals surface area contributed by atoms with Crippen molar-refractivity contribution in [2.24, 2.45) is 5.41 Å². The van der Waals surface area contributed by atoms with E-state index in [0.29, 0.717) is 36.3 Å². The summed E-state index contributed by atoms with van der Waals surface area (Å²) in [5, 5.41) is 2.28. The lowest BCUT2D eigenvalue weighted by Crippen LogP contribution is -2.66. The third-order valence-corrected chi connectivity index (χ3v) is 14.1. The van der Waals surface area contributed by atoms with Crippen LogP contribution in [0.25, 0.3) is 0 Å². The molecular formula is C34H44BrNO6Si. The van der Waals surface area contributed by atoms with Crippen LogP contribution in [-0.2, 0) is 25.2 Å². The van der Waals surface area contributed by atoms with Crippen LogP contribution in [0.15, 0.2) is 88.8 Å². The van der Waals surface area contributed by atoms with Crippen molar-refractivity contribution in [2.45, 2.75) is 57.9 Å². The van der Waals surface area contributed by atoms with Gasteiger partial charge in [0.25, 0.3) is 8.32 Å². The van der Waals surface area contributed by atoms with Gasteiger partial charge in [0.05, 0.1) is 30.0 Å². The van der Waals surface area contributed by atoms with E-state index in [1.165, 1.54) is 17.5 Å². The second-order valence-electron chi connectivity index (χ2n) is 12.2. The molecule has 3 unspecified atom stereocenters. The van der Waals surface area contributed by atoms with Gasteiger partial charge in [-0.2, -0.15) is 0 Å². The summed E-state index contributed by atoms with van der Waals surface area (Å²) in [5.41, 5.74) is -0.171. The molecule has 0 spiro atoms. The van der Waals surface area contributed by atoms with E-state index in [1.54, 1.807) is 19.4 Å². The molecule has 9 heteroatoms. The van der Waals surface area contributed by atoms with E-state index in [-0.39, 0.29) is 29.1 Å². The molecule has 1 aliphatic heterocycles. The molecule has 43 heavy (non-hydrogen) atoms. The van der Waals surface area contributed by atoms with Crippen molar-refractivity contribution < 1.29 is 23.4 Å². The maximum absolute atomic E-state index is 13.2. The SMILES string of the molecule is C=CCOC1Cn2cc(Br)c(=O)c(OC)c2C(OCOC)C1(C)CCO[Si](c1ccccc1)(c1ccccc1)C(C)(C)C. The molecule has 0 fully saturated rings. The molecule has 3 atom stereocenters. The Bertz CT molecular complexity index is 1390. The van der Waals surface area contributed by atoms with Gasteiger partial charge in [-0.05, 0) is 37.8 Å². The number of nitrogens with zero attached hydrogens (tertiary/aromatic N) is 1. The Morgan fingerprint density at radius 3 is 2.16 bits per heavy atom. The van der Waals surface area contributed by atoms with E-state index in [9.17, 15) is 4.79 Å². The van der Waals surface area contributed by atoms with E-state index in [4.69, 9.17) is 23.4 Å². The summed E-state index contributed by atoms with van der Waals surface area (Å²) in [7, 11) is 0.326. The fourth-order valence-corrected chi connectivity index (χ4v) is 11.4. The van der Waals surface area contributed by atoms with Crippen LogP contribution in [0, 0.1) is 5.41 Å². The van der Waals surface area contributed by atoms with Gasteiger partial charge in [0.2, 0.25) is 5.43 Å². The number of pyridine rings is 1. The smallest absolute Gasteiger partial charge is 0.261 e. The summed E-state index contributed by atoms with van der Waals surface area (Å²) in [6, 6.07) is 21.2. The first-order valence-electron chi connectivity index (χ1n) is 14.6. The monoisotopic (exact) mass is 669 g/mol. The Kier molecular flexibility index (Phi) is 10.9. The van der Waals surface area contributed by atoms with E-state index >= 15 is 0 Å². The Morgan fingerprint density at radius 2 is 1.65 bits per heavy atom. The Morgan fingerprint density at radius 1 is 1.05 bits per heavy atom. The van der Waals surface area contributed by atoms with Gasteiger partial charge < -0.3 is 27.9 Å². The highest BCUT2D eigenvalue weighted by Gasteiger charge is 2.53. The minimum atomic E-state index is -2.78. The van der Waals surface area contributed by atoms with Crippen molar-refractivity contribution in [3.8, 4) is 5.75 Å². The summed E-state index contributed by atoms with van der Waals surface area (Å²) < 4.78 is 33.6. The molecule has 2 aromatic carbocycles. The van der Waals surface area contributed by atoms with E-state index in [1.807, 2.05) is 16.7 Å². The zero-order valence-corrected chi connectivity index (χ0v) is 28.7. The Hall–Kier alpha value is -2.53. The summed E-state index contributed by atoms with van der Waals surface area (Å²) in [5.74, 6) is 0.247. The van der Waals surface area contributed by atoms with Crippen molar-refractivity contribution in [1.29, 1.82) is 0 Å². The molecule has 0 saturated heterocycles. The normalized spacial score (nSPS) is 20.4. The van der Waals surface area contributed by atoms with E-state index in [0.717, 1.165) is 0 Å². The predicted octanol–water partition coefficient (Wildman–Crippen LogP) is 5.84. The summed E-state index contributed by atoms with van der Waals surface area (Å²) in [4.78, 5) is 13.2. The van der Waals surface area contributed by atoms with Crippen LogP contribution in [0.2, 0.25) is 5.04 Å². The zero-order valence-electron chi connectivity index (χ0n) is 26.1. The highest BCUT2D eigenvalue weighted by molar-refractivity contribution is 9.10. The minimum absolute atomic E-state index is 0.0391. The maximum atomic E-state index is 13.2. The molecule has 7 nitrogen and oxygen atoms in total. The van der Waals surface area contributed by atoms with Crippen molar-refractivity contribution in [1.82, 2.24) is 4.57 Å². The van der Waals surface area contributed by atoms with Crippen molar-refractivity contribution in [3.05, 3.63) is 99.9 Å². The lowest BCUT2D eigenvalue weighted by molar-refractivity contribution is -0.179. The third kappa shape index (κ3) is 6.48. The summed E-state index contributed by atoms with van der Waals surface area (Å²) in [6.45, 7) is 14.2. The fourth-order valence-electron chi connectivity index (χ4n) is 6.42. The number of ether oxygens (including phenoxy) is 4. The minimum Gasteiger partial charge on any atom is -0.491 e. The first-order chi connectivity index (χ1) is 20.5. The molecule has 0 N–H and O–H groups in total. The lowest BCUT2D eigenvalue weighted by atomic mass is 9.72. The molecule has 1 aliphatic rings. The summed E-state index contributed by atoms with van der Waals surface area (Å²) >= 11 is 3.42. The average Bonchev–Trinajstić information content (AvgIpc) is 2.99. The number of benzene rings is 2. The molecule has 0 radical (unpaired) electrons. The lowest BCUT2D eigenvalue weighted by Gasteiger charge is -2.49. The van der Waals surface area contributed by atoms with E-state index < -0.39 is 19.8 Å². The number of halogens is 1. The molecule has 3 aromatic rings. The molecule has 4 rings (SSSR count). The topological polar surface area (TPSA) is 68.2 Å². The molecule has 2 heterocycles. The van der Waals surface area contributed by atoms with Crippen LogP contribution < -0.4 is 20.5 Å². The fraction of sp³-hybridized carbons (Fsp3) is 0.441. The second-order valence-corrected chi connectivity index (χ2v) is 17.4. The standard InChI is InChI=1S/C34H44BrNO6Si/c1-8-20-40-28-23-36-22-27(35)30(37)31(39-7)29(36)32(41-24-38-6)34(28,5)19-21-42-43(33(2,3)4,25-15-11-9-12-16-25)26-17-13-10-14-18-26/h8-18,22,28,32H,1,19-21,23-24H2,2-7H3. The maximum Gasteiger partial charge on any atom is 0.261 e. The van der Waals surface area contributed by atoms with Gasteiger partial charge in [-0.25, -0.2) is 0 Å². The summed E-state index contributed by atoms with van der Waals surface area (Å²) in [6.07, 6.45) is 3.28. The van der Waals surface area contributed by atoms with Crippen LogP contribution in [-0.4, -0.2) is 53.2 Å². The second kappa shape index (κ2) is 14.1. The number of hydrogen-bond donors (Lipinski definition) is 0. The molecule has 0 aliphatic carbocycles. The highest BCUT2D eigenvalue weighted by Crippen LogP contribution is 2.50. The number of aromatic nitrogens is 1. The first kappa shape index (κ1) is 33.4. The number of hydrogen-bond acceptors (Lipinski definition) is 6. The van der Waals surface area contributed by atoms with Crippen LogP contribution >= 0.6 is 15.9 Å². The predicted molar refractivity (Wildman–Crippen MR) is 177 cm³/mol. The third-order valence-electron chi connectivity index (χ3n) is 8.53.